The van der Waals surface area contributed by atoms with Gasteiger partial charge in [-0.3, -0.25) is 19.8 Å². The van der Waals surface area contributed by atoms with Crippen molar-refractivity contribution in [3.63, 3.8) is 0 Å². The Labute approximate surface area is 344 Å². The summed E-state index contributed by atoms with van der Waals surface area (Å²) in [5.74, 6) is -1.25. The van der Waals surface area contributed by atoms with Crippen molar-refractivity contribution < 1.29 is 26.6 Å². The number of amides is 1. The molecule has 1 aliphatic heterocycles. The molecule has 1 fully saturated rings. The molecular weight excluding hydrogens is 800 g/mol. The standard InChI is InChI=1S/C42H45ClN6O7S2/c1-46(2)23-22-35(30-57(53,54)37-9-4-3-5-10-37)44-40-21-20-38(28-41(40)49(51)52)58(55,56)45-42(50)32-14-18-36(19-15-32)48-26-24-47(25-27-48)29-33-8-6-7-11-39(33)31-12-16-34(43)17-13-31/h3-21,28,35,44H,22-27,29-30H2,1-2H3,(H,45,50)/t35-/m1/s1. The number of carbonyl (C=O) groups excluding carboxylic acids is 1. The Bertz CT molecular complexity index is 2440. The van der Waals surface area contributed by atoms with Gasteiger partial charge in [0.05, 0.1) is 20.5 Å². The number of hydrogen-bond acceptors (Lipinski definition) is 11. The van der Waals surface area contributed by atoms with E-state index in [1.807, 2.05) is 60.1 Å². The van der Waals surface area contributed by atoms with Gasteiger partial charge in [-0.15, -0.1) is 0 Å². The molecule has 1 saturated heterocycles. The van der Waals surface area contributed by atoms with E-state index in [9.17, 15) is 31.7 Å². The molecule has 1 atom stereocenters. The van der Waals surface area contributed by atoms with Crippen LogP contribution in [0.3, 0.4) is 0 Å². The van der Waals surface area contributed by atoms with Crippen LogP contribution in [0.25, 0.3) is 11.1 Å². The van der Waals surface area contributed by atoms with Crippen LogP contribution in [0.5, 0.6) is 0 Å². The highest BCUT2D eigenvalue weighted by molar-refractivity contribution is 7.91. The molecule has 6 rings (SSSR count). The van der Waals surface area contributed by atoms with Gasteiger partial charge >= 0.3 is 0 Å². The zero-order valence-electron chi connectivity index (χ0n) is 32.1. The first kappa shape index (κ1) is 42.3. The lowest BCUT2D eigenvalue weighted by Crippen LogP contribution is -2.46. The maximum atomic E-state index is 13.4. The second-order valence-electron chi connectivity index (χ2n) is 14.4. The lowest BCUT2D eigenvalue weighted by molar-refractivity contribution is -0.384. The maximum absolute atomic E-state index is 13.4. The molecule has 0 spiro atoms. The monoisotopic (exact) mass is 844 g/mol. The third-order valence-corrected chi connectivity index (χ3v) is 13.4. The van der Waals surface area contributed by atoms with Crippen molar-refractivity contribution in [2.45, 2.75) is 28.8 Å². The van der Waals surface area contributed by atoms with Crippen LogP contribution in [-0.2, 0) is 26.4 Å². The second-order valence-corrected chi connectivity index (χ2v) is 18.5. The summed E-state index contributed by atoms with van der Waals surface area (Å²) >= 11 is 6.11. The van der Waals surface area contributed by atoms with Crippen LogP contribution in [0, 0.1) is 10.1 Å². The summed E-state index contributed by atoms with van der Waals surface area (Å²) in [6.45, 7) is 4.42. The molecule has 0 aromatic heterocycles. The van der Waals surface area contributed by atoms with Crippen molar-refractivity contribution in [2.24, 2.45) is 0 Å². The molecule has 5 aromatic rings. The fourth-order valence-electron chi connectivity index (χ4n) is 6.81. The van der Waals surface area contributed by atoms with Gasteiger partial charge < -0.3 is 15.1 Å². The van der Waals surface area contributed by atoms with Gasteiger partial charge in [0.15, 0.2) is 9.84 Å². The highest BCUT2D eigenvalue weighted by Gasteiger charge is 2.28. The fraction of sp³-hybridized carbons (Fsp3) is 0.262. The zero-order chi connectivity index (χ0) is 41.5. The Kier molecular flexibility index (Phi) is 13.5. The minimum absolute atomic E-state index is 0.0542. The number of benzene rings is 5. The topological polar surface area (TPSA) is 162 Å². The fourth-order valence-corrected chi connectivity index (χ4v) is 9.47. The minimum Gasteiger partial charge on any atom is -0.376 e. The molecule has 16 heteroatoms. The first-order valence-corrected chi connectivity index (χ1v) is 22.2. The average molecular weight is 845 g/mol. The van der Waals surface area contributed by atoms with Gasteiger partial charge in [0.1, 0.15) is 5.69 Å². The van der Waals surface area contributed by atoms with Gasteiger partial charge in [-0.05, 0) is 104 Å². The van der Waals surface area contributed by atoms with Crippen molar-refractivity contribution in [3.05, 3.63) is 148 Å². The number of hydrogen-bond donors (Lipinski definition) is 2. The first-order valence-electron chi connectivity index (χ1n) is 18.6. The van der Waals surface area contributed by atoms with Crippen LogP contribution in [-0.4, -0.2) is 96.1 Å². The molecule has 2 N–H and O–H groups in total. The number of sulfonamides is 1. The van der Waals surface area contributed by atoms with E-state index in [0.717, 1.165) is 56.1 Å². The van der Waals surface area contributed by atoms with Gasteiger partial charge in [-0.2, -0.15) is 0 Å². The van der Waals surface area contributed by atoms with Crippen LogP contribution >= 0.6 is 11.6 Å². The van der Waals surface area contributed by atoms with Crippen LogP contribution < -0.4 is 14.9 Å². The normalized spacial score (nSPS) is 14.2. The Balaban J connectivity index is 1.08. The molecule has 13 nitrogen and oxygen atoms in total. The molecule has 0 unspecified atom stereocenters. The van der Waals surface area contributed by atoms with E-state index >= 15 is 0 Å². The highest BCUT2D eigenvalue weighted by atomic mass is 35.5. The van der Waals surface area contributed by atoms with E-state index in [1.165, 1.54) is 29.3 Å². The summed E-state index contributed by atoms with van der Waals surface area (Å²) in [6.07, 6.45) is 0.322. The molecule has 5 aromatic carbocycles. The number of piperazine rings is 1. The maximum Gasteiger partial charge on any atom is 0.293 e. The smallest absolute Gasteiger partial charge is 0.293 e. The largest absolute Gasteiger partial charge is 0.376 e. The molecule has 1 heterocycles. The van der Waals surface area contributed by atoms with E-state index in [-0.39, 0.29) is 21.9 Å². The van der Waals surface area contributed by atoms with Gasteiger partial charge in [0, 0.05) is 61.1 Å². The minimum atomic E-state index is -4.54. The number of halogens is 1. The summed E-state index contributed by atoms with van der Waals surface area (Å²) in [6, 6.07) is 33.1. The number of nitrogens with one attached hydrogen (secondary N) is 2. The summed E-state index contributed by atoms with van der Waals surface area (Å²) in [5.41, 5.74) is 3.85. The van der Waals surface area contributed by atoms with Gasteiger partial charge in [0.25, 0.3) is 21.6 Å². The van der Waals surface area contributed by atoms with Crippen molar-refractivity contribution in [1.29, 1.82) is 0 Å². The molecule has 1 aliphatic rings. The van der Waals surface area contributed by atoms with Crippen molar-refractivity contribution >= 4 is 54.4 Å². The first-order chi connectivity index (χ1) is 27.7. The molecule has 58 heavy (non-hydrogen) atoms. The molecular formula is C42H45ClN6O7S2. The predicted molar refractivity (Wildman–Crippen MR) is 228 cm³/mol. The number of sulfone groups is 1. The second kappa shape index (κ2) is 18.5. The van der Waals surface area contributed by atoms with Crippen LogP contribution in [0.1, 0.15) is 22.3 Å². The Morgan fingerprint density at radius 2 is 1.48 bits per heavy atom. The number of nitrogens with zero attached hydrogens (tertiary/aromatic N) is 4. The number of nitro benzene ring substituents is 1. The van der Waals surface area contributed by atoms with Crippen molar-refractivity contribution in [3.8, 4) is 11.1 Å². The number of anilines is 2. The molecule has 0 aliphatic carbocycles. The summed E-state index contributed by atoms with van der Waals surface area (Å²) in [5, 5.41) is 15.8. The lowest BCUT2D eigenvalue weighted by atomic mass is 9.99. The van der Waals surface area contributed by atoms with E-state index < -0.39 is 47.3 Å². The summed E-state index contributed by atoms with van der Waals surface area (Å²) in [4.78, 5) is 30.7. The zero-order valence-corrected chi connectivity index (χ0v) is 34.5. The van der Waals surface area contributed by atoms with E-state index in [1.54, 1.807) is 42.5 Å². The van der Waals surface area contributed by atoms with Crippen LogP contribution in [0.4, 0.5) is 17.1 Å². The number of carbonyl (C=O) groups is 1. The quantitative estimate of drug-likeness (QED) is 0.0817. The molecule has 0 bridgehead atoms. The van der Waals surface area contributed by atoms with Crippen molar-refractivity contribution in [1.82, 2.24) is 14.5 Å². The third kappa shape index (κ3) is 10.8. The molecule has 1 amide bonds. The SMILES string of the molecule is CN(C)CC[C@H](CS(=O)(=O)c1ccccc1)Nc1ccc(S(=O)(=O)NC(=O)c2ccc(N3CCN(Cc4ccccc4-c4ccc(Cl)cc4)CC3)cc2)cc1[N+](=O)[O-]. The Morgan fingerprint density at radius 3 is 2.14 bits per heavy atom. The van der Waals surface area contributed by atoms with E-state index in [2.05, 4.69) is 27.2 Å². The summed E-state index contributed by atoms with van der Waals surface area (Å²) in [7, 11) is -4.66. The van der Waals surface area contributed by atoms with Gasteiger partial charge in [-0.25, -0.2) is 21.6 Å². The molecule has 0 saturated carbocycles. The molecule has 304 valence electrons. The predicted octanol–water partition coefficient (Wildman–Crippen LogP) is 6.56. The van der Waals surface area contributed by atoms with Crippen LogP contribution in [0.15, 0.2) is 131 Å². The van der Waals surface area contributed by atoms with Gasteiger partial charge in [0.2, 0.25) is 0 Å². The number of rotatable bonds is 16. The highest BCUT2D eigenvalue weighted by Crippen LogP contribution is 2.30. The van der Waals surface area contributed by atoms with Crippen molar-refractivity contribution in [2.75, 3.05) is 62.8 Å². The van der Waals surface area contributed by atoms with Gasteiger partial charge in [-0.1, -0.05) is 66.2 Å². The Morgan fingerprint density at radius 1 is 0.828 bits per heavy atom. The lowest BCUT2D eigenvalue weighted by Gasteiger charge is -2.36. The van der Waals surface area contributed by atoms with Crippen LogP contribution in [0.2, 0.25) is 5.02 Å². The summed E-state index contributed by atoms with van der Waals surface area (Å²) < 4.78 is 55.2. The third-order valence-electron chi connectivity index (χ3n) is 9.94. The van der Waals surface area contributed by atoms with E-state index in [4.69, 9.17) is 11.6 Å². The Hall–Kier alpha value is -5.32. The molecule has 0 radical (unpaired) electrons. The number of nitro groups is 1. The van der Waals surface area contributed by atoms with E-state index in [0.29, 0.717) is 18.0 Å². The average Bonchev–Trinajstić information content (AvgIpc) is 3.21.